The summed E-state index contributed by atoms with van der Waals surface area (Å²) in [5.41, 5.74) is 3.13. The lowest BCUT2D eigenvalue weighted by Gasteiger charge is -2.28. The minimum atomic E-state index is -0.285. The van der Waals surface area contributed by atoms with Gasteiger partial charge < -0.3 is 15.0 Å². The van der Waals surface area contributed by atoms with Gasteiger partial charge in [-0.3, -0.25) is 4.79 Å². The van der Waals surface area contributed by atoms with Crippen molar-refractivity contribution in [3.05, 3.63) is 58.5 Å². The molecule has 154 valence electrons. The van der Waals surface area contributed by atoms with Crippen molar-refractivity contribution in [1.82, 2.24) is 20.0 Å². The molecule has 1 aliphatic carbocycles. The number of halogens is 1. The summed E-state index contributed by atoms with van der Waals surface area (Å²) in [6.07, 6.45) is 3.86. The Morgan fingerprint density at radius 2 is 1.80 bits per heavy atom. The molecule has 1 amide bonds. The molecule has 1 N–H and O–H groups in total. The second-order valence-corrected chi connectivity index (χ2v) is 8.36. The maximum absolute atomic E-state index is 13.0. The Bertz CT molecular complexity index is 1040. The molecule has 1 aliphatic heterocycles. The van der Waals surface area contributed by atoms with E-state index in [2.05, 4.69) is 41.4 Å². The van der Waals surface area contributed by atoms with Crippen LogP contribution in [0.3, 0.4) is 0 Å². The number of hydrogen-bond acceptors (Lipinski definition) is 6. The maximum Gasteiger partial charge on any atom is 0.279 e. The van der Waals surface area contributed by atoms with Crippen molar-refractivity contribution in [1.29, 1.82) is 0 Å². The van der Waals surface area contributed by atoms with Crippen LogP contribution in [-0.4, -0.2) is 52.2 Å². The number of pyridine rings is 1. The number of morpholine rings is 1. The van der Waals surface area contributed by atoms with Gasteiger partial charge >= 0.3 is 0 Å². The average Bonchev–Trinajstić information content (AvgIpc) is 3.53. The Labute approximate surface area is 182 Å². The van der Waals surface area contributed by atoms with E-state index in [4.69, 9.17) is 4.74 Å². The van der Waals surface area contributed by atoms with E-state index in [1.54, 1.807) is 10.9 Å². The number of nitrogens with one attached hydrogen (secondary N) is 1. The van der Waals surface area contributed by atoms with Gasteiger partial charge in [0, 0.05) is 23.5 Å². The molecule has 0 unspecified atom stereocenters. The van der Waals surface area contributed by atoms with Crippen molar-refractivity contribution in [2.45, 2.75) is 18.8 Å². The van der Waals surface area contributed by atoms with Gasteiger partial charge in [-0.1, -0.05) is 21.1 Å². The van der Waals surface area contributed by atoms with Crippen molar-refractivity contribution in [3.63, 3.8) is 0 Å². The molecule has 9 heteroatoms. The fourth-order valence-electron chi connectivity index (χ4n) is 3.59. The molecule has 0 atom stereocenters. The van der Waals surface area contributed by atoms with Crippen molar-refractivity contribution in [2.24, 2.45) is 0 Å². The molecule has 3 aromatic rings. The standard InChI is InChI=1S/C21H21BrN6O2/c22-15-3-5-16(6-4-15)28-20(14-1-2-14)19(25-26-28)21(29)24-18-8-7-17(13-23-18)27-9-11-30-12-10-27/h3-8,13-14H,1-2,9-12H2,(H,23,24,29). The van der Waals surface area contributed by atoms with Crippen molar-refractivity contribution >= 4 is 33.3 Å². The monoisotopic (exact) mass is 468 g/mol. The van der Waals surface area contributed by atoms with Gasteiger partial charge in [-0.05, 0) is 49.2 Å². The molecule has 1 aromatic carbocycles. The van der Waals surface area contributed by atoms with Crippen LogP contribution in [0.2, 0.25) is 0 Å². The summed E-state index contributed by atoms with van der Waals surface area (Å²) in [6, 6.07) is 11.6. The molecule has 30 heavy (non-hydrogen) atoms. The van der Waals surface area contributed by atoms with E-state index in [0.717, 1.165) is 60.7 Å². The zero-order chi connectivity index (χ0) is 20.5. The van der Waals surface area contributed by atoms with Crippen molar-refractivity contribution in [3.8, 4) is 5.69 Å². The lowest BCUT2D eigenvalue weighted by atomic mass is 10.2. The largest absolute Gasteiger partial charge is 0.378 e. The summed E-state index contributed by atoms with van der Waals surface area (Å²) < 4.78 is 8.15. The third-order valence-corrected chi connectivity index (χ3v) is 5.85. The minimum Gasteiger partial charge on any atom is -0.378 e. The fourth-order valence-corrected chi connectivity index (χ4v) is 3.86. The molecule has 5 rings (SSSR count). The zero-order valence-corrected chi connectivity index (χ0v) is 17.9. The van der Waals surface area contributed by atoms with Gasteiger partial charge in [0.1, 0.15) is 5.82 Å². The SMILES string of the molecule is O=C(Nc1ccc(N2CCOCC2)cn1)c1nnn(-c2ccc(Br)cc2)c1C1CC1. The Morgan fingerprint density at radius 3 is 2.47 bits per heavy atom. The summed E-state index contributed by atoms with van der Waals surface area (Å²) >= 11 is 3.45. The molecule has 8 nitrogen and oxygen atoms in total. The average molecular weight is 469 g/mol. The second-order valence-electron chi connectivity index (χ2n) is 7.44. The predicted molar refractivity (Wildman–Crippen MR) is 116 cm³/mol. The first-order valence-electron chi connectivity index (χ1n) is 10.0. The zero-order valence-electron chi connectivity index (χ0n) is 16.3. The van der Waals surface area contributed by atoms with Gasteiger partial charge in [0.2, 0.25) is 0 Å². The van der Waals surface area contributed by atoms with Crippen LogP contribution in [0.5, 0.6) is 0 Å². The number of carbonyl (C=O) groups is 1. The summed E-state index contributed by atoms with van der Waals surface area (Å²) in [5.74, 6) is 0.518. The molecule has 2 aliphatic rings. The van der Waals surface area contributed by atoms with Crippen molar-refractivity contribution in [2.75, 3.05) is 36.5 Å². The summed E-state index contributed by atoms with van der Waals surface area (Å²) in [7, 11) is 0. The number of ether oxygens (including phenoxy) is 1. The fraction of sp³-hybridized carbons (Fsp3) is 0.333. The number of aromatic nitrogens is 4. The molecule has 0 bridgehead atoms. The third kappa shape index (κ3) is 3.95. The molecule has 2 aromatic heterocycles. The molecule has 0 radical (unpaired) electrons. The van der Waals surface area contributed by atoms with Gasteiger partial charge in [0.05, 0.1) is 36.5 Å². The van der Waals surface area contributed by atoms with Crippen LogP contribution < -0.4 is 10.2 Å². The van der Waals surface area contributed by atoms with E-state index in [1.165, 1.54) is 0 Å². The Kier molecular flexibility index (Phi) is 5.22. The van der Waals surface area contributed by atoms with Crippen LogP contribution in [-0.2, 0) is 4.74 Å². The summed E-state index contributed by atoms with van der Waals surface area (Å²) in [4.78, 5) is 19.6. The van der Waals surface area contributed by atoms with Gasteiger partial charge in [-0.2, -0.15) is 0 Å². The van der Waals surface area contributed by atoms with Gasteiger partial charge in [-0.15, -0.1) is 5.10 Å². The van der Waals surface area contributed by atoms with E-state index in [-0.39, 0.29) is 5.91 Å². The molecular weight excluding hydrogens is 448 g/mol. The number of carbonyl (C=O) groups excluding carboxylic acids is 1. The van der Waals surface area contributed by atoms with E-state index in [0.29, 0.717) is 17.4 Å². The highest BCUT2D eigenvalue weighted by Crippen LogP contribution is 2.42. The summed E-state index contributed by atoms with van der Waals surface area (Å²) in [5, 5.41) is 11.3. The van der Waals surface area contributed by atoms with Crippen LogP contribution in [0.1, 0.15) is 34.9 Å². The molecule has 2 fully saturated rings. The van der Waals surface area contributed by atoms with E-state index < -0.39 is 0 Å². The van der Waals surface area contributed by atoms with Gasteiger partial charge in [0.15, 0.2) is 5.69 Å². The molecule has 1 saturated carbocycles. The molecular formula is C21H21BrN6O2. The van der Waals surface area contributed by atoms with Crippen LogP contribution in [0.4, 0.5) is 11.5 Å². The first kappa shape index (κ1) is 19.2. The second kappa shape index (κ2) is 8.16. The number of hydrogen-bond donors (Lipinski definition) is 1. The predicted octanol–water partition coefficient (Wildman–Crippen LogP) is 3.39. The highest BCUT2D eigenvalue weighted by atomic mass is 79.9. The Balaban J connectivity index is 1.35. The van der Waals surface area contributed by atoms with E-state index in [9.17, 15) is 4.79 Å². The lowest BCUT2D eigenvalue weighted by molar-refractivity contribution is 0.102. The molecule has 1 saturated heterocycles. The minimum absolute atomic E-state index is 0.285. The van der Waals surface area contributed by atoms with Gasteiger partial charge in [0.25, 0.3) is 5.91 Å². The van der Waals surface area contributed by atoms with Gasteiger partial charge in [-0.25, -0.2) is 9.67 Å². The van der Waals surface area contributed by atoms with Crippen LogP contribution >= 0.6 is 15.9 Å². The number of amides is 1. The molecule has 0 spiro atoms. The Hall–Kier alpha value is -2.78. The topological polar surface area (TPSA) is 85.2 Å². The number of benzene rings is 1. The van der Waals surface area contributed by atoms with Crippen LogP contribution in [0, 0.1) is 0 Å². The number of anilines is 2. The Morgan fingerprint density at radius 1 is 1.07 bits per heavy atom. The normalized spacial score (nSPS) is 16.5. The lowest BCUT2D eigenvalue weighted by Crippen LogP contribution is -2.36. The highest BCUT2D eigenvalue weighted by Gasteiger charge is 2.34. The maximum atomic E-state index is 13.0. The first-order valence-corrected chi connectivity index (χ1v) is 10.8. The van der Waals surface area contributed by atoms with Crippen molar-refractivity contribution < 1.29 is 9.53 Å². The van der Waals surface area contributed by atoms with E-state index in [1.807, 2.05) is 36.4 Å². The van der Waals surface area contributed by atoms with Crippen LogP contribution in [0.25, 0.3) is 5.69 Å². The smallest absolute Gasteiger partial charge is 0.279 e. The van der Waals surface area contributed by atoms with Crippen LogP contribution in [0.15, 0.2) is 47.1 Å². The number of nitrogens with zero attached hydrogens (tertiary/aromatic N) is 5. The number of rotatable bonds is 5. The summed E-state index contributed by atoms with van der Waals surface area (Å²) in [6.45, 7) is 3.13. The quantitative estimate of drug-likeness (QED) is 0.617. The third-order valence-electron chi connectivity index (χ3n) is 5.32. The highest BCUT2D eigenvalue weighted by molar-refractivity contribution is 9.10. The molecule has 3 heterocycles. The van der Waals surface area contributed by atoms with E-state index >= 15 is 0 Å². The first-order chi connectivity index (χ1) is 14.7.